The maximum atomic E-state index is 12.7. The van der Waals surface area contributed by atoms with E-state index in [2.05, 4.69) is 16.6 Å². The molecular weight excluding hydrogens is 420 g/mol. The number of ether oxygens (including phenoxy) is 1. The zero-order valence-electron chi connectivity index (χ0n) is 16.8. The van der Waals surface area contributed by atoms with Gasteiger partial charge >= 0.3 is 0 Å². The fourth-order valence-electron chi connectivity index (χ4n) is 2.72. The molecule has 0 aliphatic carbocycles. The van der Waals surface area contributed by atoms with Gasteiger partial charge in [-0.05, 0) is 54.7 Å². The molecule has 1 atom stereocenters. The van der Waals surface area contributed by atoms with Crippen molar-refractivity contribution in [3.63, 3.8) is 0 Å². The molecule has 0 bridgehead atoms. The Morgan fingerprint density at radius 1 is 1.20 bits per heavy atom. The van der Waals surface area contributed by atoms with Crippen LogP contribution in [0.15, 0.2) is 48.5 Å². The van der Waals surface area contributed by atoms with Crippen molar-refractivity contribution in [1.29, 1.82) is 0 Å². The molecule has 0 fully saturated rings. The first-order valence-corrected chi connectivity index (χ1v) is 11.3. The number of carbonyl (C=O) groups excluding carboxylic acids is 2. The number of rotatable bonds is 11. The van der Waals surface area contributed by atoms with Crippen LogP contribution < -0.4 is 15.4 Å². The van der Waals surface area contributed by atoms with Crippen LogP contribution in [0.2, 0.25) is 5.02 Å². The van der Waals surface area contributed by atoms with Gasteiger partial charge in [0, 0.05) is 6.54 Å². The van der Waals surface area contributed by atoms with Crippen LogP contribution in [0.5, 0.6) is 5.75 Å². The SMILES string of the molecule is C#CCOc1ccc(CCNC(=O)C(CCSC)NC(=O)c2ccccc2Cl)cc1. The molecule has 2 aromatic rings. The molecule has 30 heavy (non-hydrogen) atoms. The van der Waals surface area contributed by atoms with Crippen molar-refractivity contribution < 1.29 is 14.3 Å². The highest BCUT2D eigenvalue weighted by molar-refractivity contribution is 7.98. The van der Waals surface area contributed by atoms with E-state index >= 15 is 0 Å². The van der Waals surface area contributed by atoms with Crippen molar-refractivity contribution in [2.75, 3.05) is 25.2 Å². The van der Waals surface area contributed by atoms with E-state index in [0.717, 1.165) is 11.3 Å². The average molecular weight is 445 g/mol. The number of halogens is 1. The van der Waals surface area contributed by atoms with Gasteiger partial charge in [-0.1, -0.05) is 41.8 Å². The Hall–Kier alpha value is -2.62. The second-order valence-corrected chi connectivity index (χ2v) is 7.86. The van der Waals surface area contributed by atoms with Crippen LogP contribution in [-0.4, -0.2) is 43.0 Å². The molecule has 0 aromatic heterocycles. The fraction of sp³-hybridized carbons (Fsp3) is 0.304. The molecule has 7 heteroatoms. The molecule has 0 radical (unpaired) electrons. The third-order valence-corrected chi connectivity index (χ3v) is 5.28. The predicted octanol–water partition coefficient (Wildman–Crippen LogP) is 3.56. The number of nitrogens with one attached hydrogen (secondary N) is 2. The first-order chi connectivity index (χ1) is 14.5. The molecule has 2 rings (SSSR count). The van der Waals surface area contributed by atoms with E-state index in [-0.39, 0.29) is 18.4 Å². The molecule has 1 unspecified atom stereocenters. The Morgan fingerprint density at radius 3 is 2.60 bits per heavy atom. The van der Waals surface area contributed by atoms with Crippen molar-refractivity contribution in [2.24, 2.45) is 0 Å². The van der Waals surface area contributed by atoms with Gasteiger partial charge < -0.3 is 15.4 Å². The second kappa shape index (κ2) is 12.8. The zero-order chi connectivity index (χ0) is 21.8. The van der Waals surface area contributed by atoms with Crippen molar-refractivity contribution in [2.45, 2.75) is 18.9 Å². The van der Waals surface area contributed by atoms with Crippen molar-refractivity contribution >= 4 is 35.2 Å². The van der Waals surface area contributed by atoms with Gasteiger partial charge in [0.1, 0.15) is 18.4 Å². The normalized spacial score (nSPS) is 11.2. The van der Waals surface area contributed by atoms with E-state index in [1.165, 1.54) is 0 Å². The summed E-state index contributed by atoms with van der Waals surface area (Å²) in [7, 11) is 0. The molecule has 0 saturated carbocycles. The molecule has 0 aliphatic heterocycles. The molecular formula is C23H25ClN2O3S. The Bertz CT molecular complexity index is 881. The minimum Gasteiger partial charge on any atom is -0.481 e. The van der Waals surface area contributed by atoms with Gasteiger partial charge in [-0.15, -0.1) is 6.42 Å². The number of terminal acetylenes is 1. The zero-order valence-corrected chi connectivity index (χ0v) is 18.4. The summed E-state index contributed by atoms with van der Waals surface area (Å²) in [6, 6.07) is 13.7. The summed E-state index contributed by atoms with van der Waals surface area (Å²) >= 11 is 7.71. The van der Waals surface area contributed by atoms with Crippen LogP contribution in [-0.2, 0) is 11.2 Å². The van der Waals surface area contributed by atoms with Crippen LogP contribution in [0.1, 0.15) is 22.3 Å². The minimum absolute atomic E-state index is 0.210. The monoisotopic (exact) mass is 444 g/mol. The fourth-order valence-corrected chi connectivity index (χ4v) is 3.41. The van der Waals surface area contributed by atoms with Crippen molar-refractivity contribution in [3.8, 4) is 18.1 Å². The molecule has 0 spiro atoms. The van der Waals surface area contributed by atoms with Gasteiger partial charge in [0.05, 0.1) is 10.6 Å². The average Bonchev–Trinajstić information content (AvgIpc) is 2.76. The minimum atomic E-state index is -0.624. The molecule has 2 N–H and O–H groups in total. The van der Waals surface area contributed by atoms with Crippen LogP contribution in [0.25, 0.3) is 0 Å². The second-order valence-electron chi connectivity index (χ2n) is 6.47. The van der Waals surface area contributed by atoms with Gasteiger partial charge in [-0.2, -0.15) is 11.8 Å². The lowest BCUT2D eigenvalue weighted by atomic mass is 10.1. The number of hydrogen-bond acceptors (Lipinski definition) is 4. The number of amides is 2. The maximum Gasteiger partial charge on any atom is 0.253 e. The first-order valence-electron chi connectivity index (χ1n) is 9.52. The van der Waals surface area contributed by atoms with E-state index < -0.39 is 6.04 Å². The van der Waals surface area contributed by atoms with E-state index in [0.29, 0.717) is 35.7 Å². The van der Waals surface area contributed by atoms with E-state index in [4.69, 9.17) is 22.8 Å². The first kappa shape index (κ1) is 23.7. The lowest BCUT2D eigenvalue weighted by molar-refractivity contribution is -0.122. The Balaban J connectivity index is 1.89. The third-order valence-electron chi connectivity index (χ3n) is 4.31. The highest BCUT2D eigenvalue weighted by atomic mass is 35.5. The van der Waals surface area contributed by atoms with E-state index in [1.807, 2.05) is 30.5 Å². The van der Waals surface area contributed by atoms with Gasteiger partial charge in [0.2, 0.25) is 5.91 Å². The summed E-state index contributed by atoms with van der Waals surface area (Å²) in [5, 5.41) is 6.07. The number of thioether (sulfide) groups is 1. The Labute approximate surface area is 186 Å². The summed E-state index contributed by atoms with van der Waals surface area (Å²) in [5.74, 6) is 3.31. The Kier molecular flexibility index (Phi) is 10.1. The molecule has 5 nitrogen and oxygen atoms in total. The van der Waals surface area contributed by atoms with Crippen LogP contribution in [0.3, 0.4) is 0 Å². The van der Waals surface area contributed by atoms with Crippen LogP contribution in [0, 0.1) is 12.3 Å². The molecule has 158 valence electrons. The van der Waals surface area contributed by atoms with Crippen LogP contribution >= 0.6 is 23.4 Å². The summed E-state index contributed by atoms with van der Waals surface area (Å²) in [5.41, 5.74) is 1.41. The maximum absolute atomic E-state index is 12.7. The highest BCUT2D eigenvalue weighted by Gasteiger charge is 2.21. The molecule has 0 heterocycles. The van der Waals surface area contributed by atoms with Gasteiger partial charge in [-0.3, -0.25) is 9.59 Å². The highest BCUT2D eigenvalue weighted by Crippen LogP contribution is 2.15. The quantitative estimate of drug-likeness (QED) is 0.520. The molecule has 0 saturated heterocycles. The summed E-state index contributed by atoms with van der Waals surface area (Å²) < 4.78 is 5.35. The predicted molar refractivity (Wildman–Crippen MR) is 123 cm³/mol. The third kappa shape index (κ3) is 7.66. The van der Waals surface area contributed by atoms with Crippen LogP contribution in [0.4, 0.5) is 0 Å². The summed E-state index contributed by atoms with van der Waals surface area (Å²) in [6.45, 7) is 0.688. The number of carbonyl (C=O) groups is 2. The molecule has 2 aromatic carbocycles. The standard InChI is InChI=1S/C23H25ClN2O3S/c1-3-15-29-18-10-8-17(9-11-18)12-14-25-23(28)21(13-16-30-2)26-22(27)19-6-4-5-7-20(19)24/h1,4-11,21H,12-16H2,2H3,(H,25,28)(H,26,27). The lowest BCUT2D eigenvalue weighted by Crippen LogP contribution is -2.47. The molecule has 0 aliphatic rings. The number of hydrogen-bond donors (Lipinski definition) is 2. The summed E-state index contributed by atoms with van der Waals surface area (Å²) in [4.78, 5) is 25.2. The summed E-state index contributed by atoms with van der Waals surface area (Å²) in [6.07, 6.45) is 8.33. The Morgan fingerprint density at radius 2 is 1.93 bits per heavy atom. The number of benzene rings is 2. The van der Waals surface area contributed by atoms with Gasteiger partial charge in [-0.25, -0.2) is 0 Å². The van der Waals surface area contributed by atoms with Crippen molar-refractivity contribution in [1.82, 2.24) is 10.6 Å². The smallest absolute Gasteiger partial charge is 0.253 e. The topological polar surface area (TPSA) is 67.4 Å². The molecule has 2 amide bonds. The van der Waals surface area contributed by atoms with Crippen molar-refractivity contribution in [3.05, 3.63) is 64.7 Å². The van der Waals surface area contributed by atoms with Gasteiger partial charge in [0.25, 0.3) is 5.91 Å². The largest absolute Gasteiger partial charge is 0.481 e. The van der Waals surface area contributed by atoms with E-state index in [1.54, 1.807) is 36.0 Å². The lowest BCUT2D eigenvalue weighted by Gasteiger charge is -2.18. The van der Waals surface area contributed by atoms with E-state index in [9.17, 15) is 9.59 Å². The van der Waals surface area contributed by atoms with Gasteiger partial charge in [0.15, 0.2) is 0 Å².